The average molecular weight is 329 g/mol. The molecule has 25 heavy (non-hydrogen) atoms. The van der Waals surface area contributed by atoms with Crippen LogP contribution in [-0.2, 0) is 18.3 Å². The van der Waals surface area contributed by atoms with Crippen molar-refractivity contribution in [3.63, 3.8) is 0 Å². The minimum Gasteiger partial charge on any atom is -0.427 e. The van der Waals surface area contributed by atoms with E-state index in [0.29, 0.717) is 5.75 Å². The molecule has 0 radical (unpaired) electrons. The molecule has 0 amide bonds. The van der Waals surface area contributed by atoms with E-state index in [4.69, 9.17) is 4.74 Å². The summed E-state index contributed by atoms with van der Waals surface area (Å²) >= 11 is 0. The summed E-state index contributed by atoms with van der Waals surface area (Å²) in [7, 11) is 2.12. The molecular weight excluding hydrogens is 310 g/mol. The standard InChI is InChI=1S/C22H19NO2/c1-15(24)25-18-12-10-16(11-13-18)14-17-6-5-8-20-19-7-3-4-9-21(19)23(2)22(17)20/h3-13H,14H2,1-2H3. The Morgan fingerprint density at radius 2 is 1.64 bits per heavy atom. The molecule has 4 rings (SSSR count). The highest BCUT2D eigenvalue weighted by Gasteiger charge is 2.11. The van der Waals surface area contributed by atoms with Crippen molar-refractivity contribution in [2.24, 2.45) is 7.05 Å². The predicted molar refractivity (Wildman–Crippen MR) is 101 cm³/mol. The van der Waals surface area contributed by atoms with Crippen LogP contribution in [0.3, 0.4) is 0 Å². The molecule has 0 aliphatic heterocycles. The van der Waals surface area contributed by atoms with Crippen LogP contribution in [0.4, 0.5) is 0 Å². The van der Waals surface area contributed by atoms with Gasteiger partial charge in [-0.05, 0) is 35.7 Å². The van der Waals surface area contributed by atoms with Crippen LogP contribution in [0.1, 0.15) is 18.1 Å². The zero-order valence-corrected chi connectivity index (χ0v) is 14.3. The van der Waals surface area contributed by atoms with Crippen LogP contribution in [0.25, 0.3) is 21.8 Å². The van der Waals surface area contributed by atoms with Crippen LogP contribution in [0.15, 0.2) is 66.7 Å². The Balaban J connectivity index is 1.76. The number of carbonyl (C=O) groups excluding carboxylic acids is 1. The lowest BCUT2D eigenvalue weighted by molar-refractivity contribution is -0.131. The molecule has 3 aromatic carbocycles. The van der Waals surface area contributed by atoms with Gasteiger partial charge in [0.1, 0.15) is 5.75 Å². The van der Waals surface area contributed by atoms with Gasteiger partial charge < -0.3 is 9.30 Å². The van der Waals surface area contributed by atoms with Gasteiger partial charge in [0, 0.05) is 30.3 Å². The zero-order chi connectivity index (χ0) is 17.4. The van der Waals surface area contributed by atoms with E-state index in [1.807, 2.05) is 24.3 Å². The lowest BCUT2D eigenvalue weighted by Crippen LogP contribution is -2.01. The van der Waals surface area contributed by atoms with E-state index >= 15 is 0 Å². The van der Waals surface area contributed by atoms with Gasteiger partial charge in [0.15, 0.2) is 0 Å². The summed E-state index contributed by atoms with van der Waals surface area (Å²) < 4.78 is 7.38. The summed E-state index contributed by atoms with van der Waals surface area (Å²) in [5.74, 6) is 0.284. The molecule has 0 aliphatic rings. The summed E-state index contributed by atoms with van der Waals surface area (Å²) in [6.45, 7) is 1.41. The summed E-state index contributed by atoms with van der Waals surface area (Å²) in [5.41, 5.74) is 4.99. The number of nitrogens with zero attached hydrogens (tertiary/aromatic N) is 1. The Morgan fingerprint density at radius 1 is 0.920 bits per heavy atom. The molecule has 124 valence electrons. The van der Waals surface area contributed by atoms with Crippen LogP contribution >= 0.6 is 0 Å². The van der Waals surface area contributed by atoms with Crippen molar-refractivity contribution in [1.29, 1.82) is 0 Å². The topological polar surface area (TPSA) is 31.2 Å². The van der Waals surface area contributed by atoms with E-state index in [1.54, 1.807) is 0 Å². The Labute approximate surface area is 146 Å². The third-order valence-corrected chi connectivity index (χ3v) is 4.59. The molecule has 0 saturated carbocycles. The van der Waals surface area contributed by atoms with E-state index in [-0.39, 0.29) is 5.97 Å². The van der Waals surface area contributed by atoms with Crippen molar-refractivity contribution in [2.75, 3.05) is 0 Å². The van der Waals surface area contributed by atoms with Gasteiger partial charge in [-0.25, -0.2) is 0 Å². The van der Waals surface area contributed by atoms with Gasteiger partial charge in [0.05, 0.1) is 5.52 Å². The number of carbonyl (C=O) groups is 1. The Bertz CT molecular complexity index is 1070. The summed E-state index contributed by atoms with van der Waals surface area (Å²) in [4.78, 5) is 11.0. The minimum atomic E-state index is -0.298. The molecule has 1 aromatic heterocycles. The SMILES string of the molecule is CC(=O)Oc1ccc(Cc2cccc3c4ccccc4n(C)c23)cc1. The molecule has 0 fully saturated rings. The second-order valence-electron chi connectivity index (χ2n) is 6.30. The normalized spacial score (nSPS) is 11.1. The molecule has 0 atom stereocenters. The summed E-state index contributed by atoms with van der Waals surface area (Å²) in [5, 5.41) is 2.57. The Kier molecular flexibility index (Phi) is 3.77. The van der Waals surface area contributed by atoms with Gasteiger partial charge in [-0.3, -0.25) is 4.79 Å². The number of fused-ring (bicyclic) bond motifs is 3. The number of hydrogen-bond donors (Lipinski definition) is 0. The largest absolute Gasteiger partial charge is 0.427 e. The molecule has 4 aromatic rings. The smallest absolute Gasteiger partial charge is 0.308 e. The first-order chi connectivity index (χ1) is 12.1. The van der Waals surface area contributed by atoms with E-state index < -0.39 is 0 Å². The first-order valence-electron chi connectivity index (χ1n) is 8.36. The predicted octanol–water partition coefficient (Wildman–Crippen LogP) is 4.85. The molecule has 3 nitrogen and oxygen atoms in total. The second kappa shape index (κ2) is 6.10. The maximum absolute atomic E-state index is 11.0. The van der Waals surface area contributed by atoms with E-state index in [2.05, 4.69) is 54.1 Å². The summed E-state index contributed by atoms with van der Waals surface area (Å²) in [6.07, 6.45) is 0.835. The van der Waals surface area contributed by atoms with Crippen molar-refractivity contribution in [3.8, 4) is 5.75 Å². The maximum atomic E-state index is 11.0. The highest BCUT2D eigenvalue weighted by atomic mass is 16.5. The molecular formula is C22H19NO2. The van der Waals surface area contributed by atoms with E-state index in [9.17, 15) is 4.79 Å². The van der Waals surface area contributed by atoms with E-state index in [1.165, 1.54) is 39.9 Å². The van der Waals surface area contributed by atoms with Crippen LogP contribution in [0, 0.1) is 0 Å². The fourth-order valence-corrected chi connectivity index (χ4v) is 3.52. The van der Waals surface area contributed by atoms with Crippen molar-refractivity contribution in [3.05, 3.63) is 77.9 Å². The average Bonchev–Trinajstić information content (AvgIpc) is 2.91. The lowest BCUT2D eigenvalue weighted by atomic mass is 10.0. The number of ether oxygens (including phenoxy) is 1. The van der Waals surface area contributed by atoms with Gasteiger partial charge in [0.25, 0.3) is 0 Å². The molecule has 0 spiro atoms. The number of esters is 1. The minimum absolute atomic E-state index is 0.298. The molecule has 1 heterocycles. The second-order valence-corrected chi connectivity index (χ2v) is 6.30. The zero-order valence-electron chi connectivity index (χ0n) is 14.3. The lowest BCUT2D eigenvalue weighted by Gasteiger charge is -2.08. The van der Waals surface area contributed by atoms with Crippen LogP contribution < -0.4 is 4.74 Å². The molecule has 0 aliphatic carbocycles. The highest BCUT2D eigenvalue weighted by molar-refractivity contribution is 6.09. The molecule has 0 saturated heterocycles. The third kappa shape index (κ3) is 2.78. The number of benzene rings is 3. The van der Waals surface area contributed by atoms with Crippen molar-refractivity contribution < 1.29 is 9.53 Å². The van der Waals surface area contributed by atoms with Gasteiger partial charge in [0.2, 0.25) is 0 Å². The third-order valence-electron chi connectivity index (χ3n) is 4.59. The van der Waals surface area contributed by atoms with Crippen LogP contribution in [-0.4, -0.2) is 10.5 Å². The van der Waals surface area contributed by atoms with Gasteiger partial charge >= 0.3 is 5.97 Å². The number of aromatic nitrogens is 1. The van der Waals surface area contributed by atoms with Crippen molar-refractivity contribution in [1.82, 2.24) is 4.57 Å². The van der Waals surface area contributed by atoms with E-state index in [0.717, 1.165) is 6.42 Å². The maximum Gasteiger partial charge on any atom is 0.308 e. The van der Waals surface area contributed by atoms with Gasteiger partial charge in [-0.2, -0.15) is 0 Å². The van der Waals surface area contributed by atoms with Crippen LogP contribution in [0.5, 0.6) is 5.75 Å². The number of aryl methyl sites for hydroxylation is 1. The molecule has 0 unspecified atom stereocenters. The number of rotatable bonds is 3. The Hall–Kier alpha value is -3.07. The summed E-state index contributed by atoms with van der Waals surface area (Å²) in [6, 6.07) is 22.7. The number of para-hydroxylation sites is 2. The fraction of sp³-hybridized carbons (Fsp3) is 0.136. The van der Waals surface area contributed by atoms with Crippen molar-refractivity contribution >= 4 is 27.8 Å². The molecule has 0 bridgehead atoms. The Morgan fingerprint density at radius 3 is 2.40 bits per heavy atom. The van der Waals surface area contributed by atoms with Gasteiger partial charge in [-0.1, -0.05) is 48.5 Å². The highest BCUT2D eigenvalue weighted by Crippen LogP contribution is 2.31. The van der Waals surface area contributed by atoms with Gasteiger partial charge in [-0.15, -0.1) is 0 Å². The molecule has 3 heteroatoms. The first kappa shape index (κ1) is 15.5. The number of hydrogen-bond acceptors (Lipinski definition) is 2. The first-order valence-corrected chi connectivity index (χ1v) is 8.36. The monoisotopic (exact) mass is 329 g/mol. The quantitative estimate of drug-likeness (QED) is 0.397. The molecule has 0 N–H and O–H groups in total. The fourth-order valence-electron chi connectivity index (χ4n) is 3.52. The van der Waals surface area contributed by atoms with Crippen LogP contribution in [0.2, 0.25) is 0 Å². The van der Waals surface area contributed by atoms with Crippen molar-refractivity contribution in [2.45, 2.75) is 13.3 Å².